The highest BCUT2D eigenvalue weighted by Gasteiger charge is 2.21. The third kappa shape index (κ3) is 8.42. The second-order valence-electron chi connectivity index (χ2n) is 5.36. The number of benzene rings is 1. The van der Waals surface area contributed by atoms with Crippen molar-refractivity contribution in [1.29, 1.82) is 0 Å². The van der Waals surface area contributed by atoms with Crippen molar-refractivity contribution in [3.63, 3.8) is 0 Å². The van der Waals surface area contributed by atoms with Gasteiger partial charge in [0.1, 0.15) is 12.2 Å². The number of aliphatic hydroxyl groups excluding tert-OH is 2. The first kappa shape index (κ1) is 21.2. The van der Waals surface area contributed by atoms with Crippen molar-refractivity contribution >= 4 is 5.78 Å². The molecule has 0 spiro atoms. The van der Waals surface area contributed by atoms with E-state index in [2.05, 4.69) is 0 Å². The van der Waals surface area contributed by atoms with Crippen LogP contribution in [0.2, 0.25) is 0 Å². The summed E-state index contributed by atoms with van der Waals surface area (Å²) in [5, 5.41) is 44.9. The lowest BCUT2D eigenvalue weighted by atomic mass is 10.0. The molecule has 6 heteroatoms. The number of hydrogen-bond donors (Lipinski definition) is 5. The topological polar surface area (TPSA) is 118 Å². The summed E-state index contributed by atoms with van der Waals surface area (Å²) in [6.45, 7) is 4.01. The minimum absolute atomic E-state index is 0.310. The molecule has 0 radical (unpaired) electrons. The molecule has 0 aliphatic carbocycles. The smallest absolute Gasteiger partial charge is 0.200 e. The van der Waals surface area contributed by atoms with Crippen LogP contribution in [-0.4, -0.2) is 43.5 Å². The molecule has 2 unspecified atom stereocenters. The van der Waals surface area contributed by atoms with Crippen LogP contribution < -0.4 is 0 Å². The number of hydrogen-bond acceptors (Lipinski definition) is 6. The second-order valence-corrected chi connectivity index (χ2v) is 5.36. The van der Waals surface area contributed by atoms with E-state index in [-0.39, 0.29) is 11.5 Å². The summed E-state index contributed by atoms with van der Waals surface area (Å²) >= 11 is 0. The molecule has 0 aromatic heterocycles. The predicted octanol–water partition coefficient (Wildman–Crippen LogP) is 2.46. The summed E-state index contributed by atoms with van der Waals surface area (Å²) in [6, 6.07) is 4.01. The maximum atomic E-state index is 11.4. The van der Waals surface area contributed by atoms with Crippen molar-refractivity contribution in [2.24, 2.45) is 0 Å². The normalized spacial score (nSPS) is 12.9. The third-order valence-corrected chi connectivity index (χ3v) is 3.31. The first-order chi connectivity index (χ1) is 10.8. The lowest BCUT2D eigenvalue weighted by molar-refractivity contribution is -0.136. The number of unbranched alkanes of at least 4 members (excludes halogenated alkanes) is 2. The third-order valence-electron chi connectivity index (χ3n) is 3.31. The Balaban J connectivity index is 0.000000459. The Bertz CT molecular complexity index is 424. The molecule has 0 saturated carbocycles. The number of carbonyl (C=O) groups excluding carboxylic acids is 1. The van der Waals surface area contributed by atoms with Gasteiger partial charge in [-0.25, -0.2) is 0 Å². The van der Waals surface area contributed by atoms with Gasteiger partial charge in [-0.2, -0.15) is 0 Å². The van der Waals surface area contributed by atoms with Crippen LogP contribution in [-0.2, 0) is 4.79 Å². The maximum Gasteiger partial charge on any atom is 0.200 e. The largest absolute Gasteiger partial charge is 0.504 e. The molecule has 0 aliphatic heterocycles. The van der Waals surface area contributed by atoms with Crippen molar-refractivity contribution in [1.82, 2.24) is 0 Å². The maximum absolute atomic E-state index is 11.4. The first-order valence-electron chi connectivity index (χ1n) is 7.94. The Hall–Kier alpha value is -1.79. The first-order valence-corrected chi connectivity index (χ1v) is 7.94. The van der Waals surface area contributed by atoms with Crippen LogP contribution in [0.25, 0.3) is 0 Å². The van der Waals surface area contributed by atoms with Gasteiger partial charge in [0, 0.05) is 0 Å². The van der Waals surface area contributed by atoms with Gasteiger partial charge in [0.05, 0.1) is 0 Å². The number of rotatable bonds is 8. The van der Waals surface area contributed by atoms with E-state index in [1.807, 2.05) is 13.8 Å². The monoisotopic (exact) mass is 328 g/mol. The molecule has 0 saturated heterocycles. The lowest BCUT2D eigenvalue weighted by Gasteiger charge is -2.13. The molecular formula is C17H28O6. The van der Waals surface area contributed by atoms with E-state index in [4.69, 9.17) is 15.3 Å². The van der Waals surface area contributed by atoms with Crippen molar-refractivity contribution in [3.05, 3.63) is 18.2 Å². The second kappa shape index (κ2) is 11.7. The summed E-state index contributed by atoms with van der Waals surface area (Å²) in [7, 11) is 0. The molecule has 23 heavy (non-hydrogen) atoms. The van der Waals surface area contributed by atoms with Gasteiger partial charge >= 0.3 is 0 Å². The SMILES string of the molecule is CCCCC(O)C(=O)C(O)CCCC.Oc1cccc(O)c1O. The van der Waals surface area contributed by atoms with Crippen LogP contribution >= 0.6 is 0 Å². The average Bonchev–Trinajstić information content (AvgIpc) is 2.55. The summed E-state index contributed by atoms with van der Waals surface area (Å²) in [4.78, 5) is 11.4. The molecular weight excluding hydrogens is 300 g/mol. The molecule has 6 nitrogen and oxygen atoms in total. The quantitative estimate of drug-likeness (QED) is 0.468. The summed E-state index contributed by atoms with van der Waals surface area (Å²) in [6.07, 6.45) is 2.56. The molecule has 0 aliphatic rings. The van der Waals surface area contributed by atoms with E-state index in [0.29, 0.717) is 12.8 Å². The molecule has 2 atom stereocenters. The Kier molecular flexibility index (Phi) is 10.8. The van der Waals surface area contributed by atoms with Gasteiger partial charge in [-0.3, -0.25) is 4.79 Å². The fourth-order valence-electron chi connectivity index (χ4n) is 1.82. The Morgan fingerprint density at radius 1 is 0.913 bits per heavy atom. The van der Waals surface area contributed by atoms with Gasteiger partial charge in [0.2, 0.25) is 0 Å². The molecule has 132 valence electrons. The minimum Gasteiger partial charge on any atom is -0.504 e. The average molecular weight is 328 g/mol. The fraction of sp³-hybridized carbons (Fsp3) is 0.588. The molecule has 1 aromatic rings. The summed E-state index contributed by atoms with van der Waals surface area (Å²) in [5.41, 5.74) is 0. The lowest BCUT2D eigenvalue weighted by Crippen LogP contribution is -2.32. The number of phenols is 3. The highest BCUT2D eigenvalue weighted by molar-refractivity contribution is 5.86. The molecule has 1 rings (SSSR count). The number of Topliss-reactive ketones (excluding diaryl/α,β-unsaturated/α-hetero) is 1. The molecule has 0 heterocycles. The zero-order valence-electron chi connectivity index (χ0n) is 13.8. The van der Waals surface area contributed by atoms with Gasteiger partial charge in [-0.05, 0) is 25.0 Å². The number of phenolic OH excluding ortho intramolecular Hbond substituents is 3. The van der Waals surface area contributed by atoms with Crippen LogP contribution in [0.5, 0.6) is 17.2 Å². The van der Waals surface area contributed by atoms with E-state index < -0.39 is 23.7 Å². The standard InChI is InChI=1S/C11H22O3.C6H6O3/c1-3-5-7-9(12)11(14)10(13)8-6-4-2;7-4-2-1-3-5(8)6(4)9/h9-10,12-13H,3-8H2,1-2H3;1-3,7-9H. The summed E-state index contributed by atoms with van der Waals surface area (Å²) < 4.78 is 0. The zero-order chi connectivity index (χ0) is 17.8. The van der Waals surface area contributed by atoms with E-state index in [0.717, 1.165) is 25.7 Å². The number of ketones is 1. The van der Waals surface area contributed by atoms with E-state index >= 15 is 0 Å². The molecule has 0 bridgehead atoms. The molecule has 0 fully saturated rings. The van der Waals surface area contributed by atoms with Gasteiger partial charge in [0.15, 0.2) is 23.0 Å². The molecule has 1 aromatic carbocycles. The number of aromatic hydroxyl groups is 3. The predicted molar refractivity (Wildman–Crippen MR) is 87.5 cm³/mol. The van der Waals surface area contributed by atoms with Gasteiger partial charge in [-0.15, -0.1) is 0 Å². The Morgan fingerprint density at radius 2 is 1.30 bits per heavy atom. The molecule has 0 amide bonds. The van der Waals surface area contributed by atoms with E-state index in [1.54, 1.807) is 0 Å². The van der Waals surface area contributed by atoms with Crippen molar-refractivity contribution < 1.29 is 30.3 Å². The molecule has 5 N–H and O–H groups in total. The van der Waals surface area contributed by atoms with Crippen molar-refractivity contribution in [2.75, 3.05) is 0 Å². The zero-order valence-corrected chi connectivity index (χ0v) is 13.8. The van der Waals surface area contributed by atoms with Gasteiger partial charge in [-0.1, -0.05) is 45.6 Å². The number of para-hydroxylation sites is 1. The van der Waals surface area contributed by atoms with Gasteiger partial charge in [0.25, 0.3) is 0 Å². The number of aliphatic hydroxyl groups is 2. The number of carbonyl (C=O) groups is 1. The van der Waals surface area contributed by atoms with Crippen molar-refractivity contribution in [3.8, 4) is 17.2 Å². The Morgan fingerprint density at radius 3 is 1.61 bits per heavy atom. The summed E-state index contributed by atoms with van der Waals surface area (Å²) in [5.74, 6) is -1.51. The van der Waals surface area contributed by atoms with Crippen LogP contribution in [0.15, 0.2) is 18.2 Å². The highest BCUT2D eigenvalue weighted by atomic mass is 16.3. The van der Waals surface area contributed by atoms with Crippen molar-refractivity contribution in [2.45, 2.75) is 64.6 Å². The highest BCUT2D eigenvalue weighted by Crippen LogP contribution is 2.32. The van der Waals surface area contributed by atoms with Gasteiger partial charge < -0.3 is 25.5 Å². The van der Waals surface area contributed by atoms with Crippen LogP contribution in [0.4, 0.5) is 0 Å². The van der Waals surface area contributed by atoms with E-state index in [1.165, 1.54) is 18.2 Å². The fourth-order valence-corrected chi connectivity index (χ4v) is 1.82. The van der Waals surface area contributed by atoms with Crippen LogP contribution in [0, 0.1) is 0 Å². The Labute approximate surface area is 137 Å². The van der Waals surface area contributed by atoms with Crippen LogP contribution in [0.1, 0.15) is 52.4 Å². The minimum atomic E-state index is -0.971. The van der Waals surface area contributed by atoms with E-state index in [9.17, 15) is 15.0 Å². The van der Waals surface area contributed by atoms with Crippen LogP contribution in [0.3, 0.4) is 0 Å².